The quantitative estimate of drug-likeness (QED) is 0.0116. The van der Waals surface area contributed by atoms with Crippen molar-refractivity contribution in [3.63, 3.8) is 0 Å². The van der Waals surface area contributed by atoms with Crippen LogP contribution < -0.4 is 33.1 Å². The number of ether oxygens (including phenoxy) is 6. The van der Waals surface area contributed by atoms with E-state index in [-0.39, 0.29) is 370 Å². The average Bonchev–Trinajstić information content (AvgIpc) is 1.66. The van der Waals surface area contributed by atoms with E-state index >= 15 is 4.39 Å². The van der Waals surface area contributed by atoms with Crippen molar-refractivity contribution in [1.29, 1.82) is 2.86 Å². The minimum absolute atomic E-state index is 0. The van der Waals surface area contributed by atoms with Gasteiger partial charge in [-0.1, -0.05) is 103 Å². The summed E-state index contributed by atoms with van der Waals surface area (Å²) in [5.41, 5.74) is 0.312. The van der Waals surface area contributed by atoms with Gasteiger partial charge in [-0.15, -0.1) is 0 Å². The van der Waals surface area contributed by atoms with Crippen molar-refractivity contribution < 1.29 is 369 Å². The van der Waals surface area contributed by atoms with E-state index in [4.69, 9.17) is 48.2 Å². The first-order chi connectivity index (χ1) is 57.1. The Hall–Kier alpha value is 4.72. The first kappa shape index (κ1) is 135. The number of hydrogen-bond donors (Lipinski definition) is 8. The average molecular weight is 3900 g/mol. The Balaban J connectivity index is -0.000000372. The number of aromatic amines is 2. The van der Waals surface area contributed by atoms with Crippen LogP contribution in [0.5, 0.6) is 0 Å². The van der Waals surface area contributed by atoms with Gasteiger partial charge in [0.05, 0.1) is 45.2 Å². The van der Waals surface area contributed by atoms with Crippen molar-refractivity contribution >= 4 is 75.1 Å². The molecule has 0 bridgehead atoms. The molecule has 0 spiro atoms. The molecule has 0 aliphatic carbocycles. The summed E-state index contributed by atoms with van der Waals surface area (Å²) in [5.74, 6) is 2.03. The first-order valence-electron chi connectivity index (χ1n) is 42.2. The molecule has 0 radical (unpaired) electrons. The van der Waals surface area contributed by atoms with E-state index in [9.17, 15) is 47.9 Å². The van der Waals surface area contributed by atoms with E-state index in [1.807, 2.05) is 78.5 Å². The monoisotopic (exact) mass is 3900 g/mol. The molecular weight excluding hydrogens is 3750 g/mol. The van der Waals surface area contributed by atoms with E-state index in [2.05, 4.69) is 85.9 Å². The zero-order valence-corrected chi connectivity index (χ0v) is 116. The van der Waals surface area contributed by atoms with Gasteiger partial charge < -0.3 is 68.5 Å². The predicted octanol–water partition coefficient (Wildman–Crippen LogP) is 14.2. The number of aliphatic hydroxyl groups excluding tert-OH is 4. The number of hydrogen-bond acceptors (Lipinski definition) is 25. The van der Waals surface area contributed by atoms with Crippen LogP contribution in [0.4, 0.5) is 8.78 Å². The van der Waals surface area contributed by atoms with Gasteiger partial charge in [-0.2, -0.15) is 0 Å². The third-order valence-electron chi connectivity index (χ3n) is 20.2. The van der Waals surface area contributed by atoms with Crippen molar-refractivity contribution in [3.05, 3.63) is 137 Å². The molecule has 0 saturated carbocycles. The molecule has 9 unspecified atom stereocenters. The standard InChI is InChI=1S/C43H68FN4O9PS2.C28H45NO5S2.C9H11FN2O4.2CH4O.CH4.9U/c1-10-43(11-2)27-53-40(54-28-43)33-18-16-32(17-19-33)38(51)45-23-14-15-34(49)20-22-42(8,9)60-59-26-13-12-25-55-58(48(29(3)4)30(5)6)57-37-31(7)56-39(36(37)44)47-24-21-35(50)46-41(47)52;1-5-28(6-2)20-33-26(34-21-28)23-13-11-22(12-14-23)25(32)29-17-9-10-24(31)15-16-27(3,4)36-35-19-8-7-18-30;1-4-7(14)6(10)8(16-4)12-3-2-5(13)11-9(12)15;2*1-2;;;;;;;;;;/h16-19,21,24,29-31,36-37,39-40H,10-15,20,22-23,25-28H2,1-9H3,(H,45,51)(H,46,50,52);11-14,26,30H,5-10,15-21H2,1-4H3,(H,29,32);2-4,6-8,14H,1H3,(H,11,13,15);2*2H,1H3;1H4;;;;;;;;;/i7D;;1D;2*2T;;;;;;;;;;. The Bertz CT molecular complexity index is 3880. The summed E-state index contributed by atoms with van der Waals surface area (Å²) in [6.07, 6.45) is 3.04. The molecule has 9 atom stereocenters. The van der Waals surface area contributed by atoms with Crippen LogP contribution >= 0.6 is 51.7 Å². The minimum Gasteiger partial charge on any atom is -0.400 e. The second-order valence-corrected chi connectivity index (χ2v) is 38.2. The van der Waals surface area contributed by atoms with E-state index in [0.29, 0.717) is 95.8 Å². The van der Waals surface area contributed by atoms with Crippen LogP contribution in [0.2, 0.25) is 0 Å². The fourth-order valence-electron chi connectivity index (χ4n) is 12.4. The number of ketones is 2. The first-order valence-corrected chi connectivity index (χ1v) is 45.7. The third kappa shape index (κ3) is 50.6. The van der Waals surface area contributed by atoms with E-state index in [1.165, 1.54) is 20.4 Å². The molecule has 2 amide bonds. The Morgan fingerprint density at radius 2 is 0.960 bits per heavy atom. The second-order valence-electron chi connectivity index (χ2n) is 30.6. The molecule has 4 aliphatic heterocycles. The molecule has 2 aromatic carbocycles. The van der Waals surface area contributed by atoms with Crippen LogP contribution in [0.15, 0.2) is 92.2 Å². The van der Waals surface area contributed by atoms with Crippen molar-refractivity contribution in [2.45, 2.75) is 290 Å². The maximum Gasteiger partial charge on any atom is 0.330 e. The summed E-state index contributed by atoms with van der Waals surface area (Å²) < 4.78 is 107. The summed E-state index contributed by atoms with van der Waals surface area (Å²) in [5, 5.41) is 31.1. The second kappa shape index (κ2) is 77.3. The van der Waals surface area contributed by atoms with Gasteiger partial charge >= 0.3 is 11.4 Å². The number of carbonyl (C=O) groups is 4. The predicted molar refractivity (Wildman–Crippen MR) is 464 cm³/mol. The number of rotatable bonds is 43. The number of aromatic nitrogens is 4. The number of benzene rings is 2. The Kier molecular flexibility index (Phi) is 82.8. The molecule has 8 N–H and O–H groups in total. The van der Waals surface area contributed by atoms with Gasteiger partial charge in [0.15, 0.2) is 37.4 Å². The van der Waals surface area contributed by atoms with Gasteiger partial charge in [0.1, 0.15) is 23.8 Å². The number of alkyl halides is 2. The molecule has 27 nitrogen and oxygen atoms in total. The molecule has 43 heteroatoms. The molecular formula is C83H136F2N7O20PS4U9. The SMILES string of the molecule is C.CCC1(CC)COC(c2ccc(C(=O)NCCCC(=O)CCC(C)(C)SSCCCCO)cc2)OC1.[2H]CC1OC(n2ccc(=O)[nH]c2=O)C(F)C1O.[2H]CC1OC(n2ccc(=O)[nH]c2=O)C(F)C1OP(OCCCCSSC(C)(C)CCC(=O)CCCNC(=O)c1ccc(C2OCC(CC)(CC)CO2)cc1)N(C(C)C)C(C)C.[3H]OC.[3H]OC.[U].[U].[U].[U].[U].[U].[U].[U].[U]. The van der Waals surface area contributed by atoms with Gasteiger partial charge in [0.25, 0.3) is 31.5 Å². The number of nitrogens with zero attached hydrogens (tertiary/aromatic N) is 3. The van der Waals surface area contributed by atoms with Gasteiger partial charge in [-0.25, -0.2) is 23.0 Å². The normalized spacial score (nSPS) is 19.7. The van der Waals surface area contributed by atoms with E-state index in [1.54, 1.807) is 45.9 Å². The van der Waals surface area contributed by atoms with Crippen LogP contribution in [0.25, 0.3) is 0 Å². The summed E-state index contributed by atoms with van der Waals surface area (Å²) >= 11 is 0. The number of amides is 2. The fraction of sp³-hybridized carbons (Fsp3) is 0.711. The molecule has 4 fully saturated rings. The fourth-order valence-corrected chi connectivity index (χ4v) is 19.6. The molecule has 4 saturated heterocycles. The van der Waals surface area contributed by atoms with Crippen LogP contribution in [-0.4, -0.2) is 207 Å². The van der Waals surface area contributed by atoms with Crippen LogP contribution in [-0.2, 0) is 47.1 Å². The summed E-state index contributed by atoms with van der Waals surface area (Å²) in [6, 6.07) is 16.9. The summed E-state index contributed by atoms with van der Waals surface area (Å²) in [7, 11) is 8.01. The van der Waals surface area contributed by atoms with Crippen molar-refractivity contribution in [1.82, 2.24) is 34.4 Å². The molecule has 4 aliphatic rings. The number of Topliss-reactive ketones (excluding diaryl/α,β-unsaturated/α-hetero) is 2. The minimum atomic E-state index is -1.81. The molecule has 6 heterocycles. The van der Waals surface area contributed by atoms with Crippen LogP contribution in [0.3, 0.4) is 0 Å². The summed E-state index contributed by atoms with van der Waals surface area (Å²) in [6.45, 7) is 29.0. The van der Waals surface area contributed by atoms with Gasteiger partial charge in [-0.3, -0.25) is 47.9 Å². The maximum atomic E-state index is 15.9. The maximum absolute atomic E-state index is 15.9. The zero-order chi connectivity index (χ0) is 89.2. The van der Waals surface area contributed by atoms with Crippen molar-refractivity contribution in [2.75, 3.05) is 78.5 Å². The van der Waals surface area contributed by atoms with E-state index in [0.717, 1.165) is 114 Å². The Morgan fingerprint density at radius 1 is 0.595 bits per heavy atom. The number of unbranched alkanes of at least 4 members (excludes halogenated alkanes) is 2. The number of carbonyl (C=O) groups excluding carboxylic acids is 4. The van der Waals surface area contributed by atoms with Crippen molar-refractivity contribution in [2.24, 2.45) is 10.8 Å². The van der Waals surface area contributed by atoms with Crippen LogP contribution in [0, 0.1) is 291 Å². The van der Waals surface area contributed by atoms with E-state index < -0.39 is 86.5 Å². The van der Waals surface area contributed by atoms with Crippen molar-refractivity contribution in [3.8, 4) is 0 Å². The summed E-state index contributed by atoms with van der Waals surface area (Å²) in [4.78, 5) is 101. The molecule has 702 valence electrons. The topological polar surface area (TPSA) is 360 Å². The number of nitrogens with one attached hydrogen (secondary N) is 4. The Labute approximate surface area is 982 Å². The Morgan fingerprint density at radius 3 is 1.30 bits per heavy atom. The molecule has 126 heavy (non-hydrogen) atoms. The van der Waals surface area contributed by atoms with Gasteiger partial charge in [-0.05, 0) is 171 Å². The largest absolute Gasteiger partial charge is 0.400 e. The smallest absolute Gasteiger partial charge is 0.330 e. The number of halogens is 2. The number of aliphatic hydroxyl groups is 4. The molecule has 8 rings (SSSR count). The zero-order valence-electron chi connectivity index (χ0n) is 78.6. The van der Waals surface area contributed by atoms with Crippen LogP contribution in [0.1, 0.15) is 267 Å². The number of H-pyrrole nitrogens is 2. The molecule has 2 aromatic heterocycles. The van der Waals surface area contributed by atoms with Gasteiger partial charge in [0.2, 0.25) is 2.86 Å². The third-order valence-corrected chi connectivity index (χ3v) is 29.2. The van der Waals surface area contributed by atoms with Gasteiger partial charge in [0, 0.05) is 433 Å². The molecule has 4 aromatic rings.